The summed E-state index contributed by atoms with van der Waals surface area (Å²) >= 11 is 0. The van der Waals surface area contributed by atoms with E-state index in [1.807, 2.05) is 0 Å². The van der Waals surface area contributed by atoms with E-state index >= 15 is 0 Å². The predicted molar refractivity (Wildman–Crippen MR) is 142 cm³/mol. The fraction of sp³-hybridized carbons (Fsp3) is 0.900. The van der Waals surface area contributed by atoms with Crippen LogP contribution in [0.1, 0.15) is 161 Å². The van der Waals surface area contributed by atoms with Gasteiger partial charge in [-0.25, -0.2) is 9.13 Å². The number of nitrogens with zero attached hydrogens (tertiary/aromatic N) is 2. The summed E-state index contributed by atoms with van der Waals surface area (Å²) in [7, 11) is 0. The van der Waals surface area contributed by atoms with Crippen LogP contribution in [-0.4, -0.2) is 4.57 Å². The van der Waals surface area contributed by atoms with Crippen molar-refractivity contribution in [2.24, 2.45) is 0 Å². The van der Waals surface area contributed by atoms with E-state index in [-0.39, 0.29) is 0 Å². The fourth-order valence-corrected chi connectivity index (χ4v) is 4.88. The lowest BCUT2D eigenvalue weighted by atomic mass is 10.1. The van der Waals surface area contributed by atoms with E-state index in [2.05, 4.69) is 42.3 Å². The van der Waals surface area contributed by atoms with E-state index in [1.165, 1.54) is 154 Å². The van der Waals surface area contributed by atoms with Gasteiger partial charge in [-0.1, -0.05) is 130 Å². The zero-order chi connectivity index (χ0) is 23.1. The smallest absolute Gasteiger partial charge is 0.234 e. The maximum absolute atomic E-state index is 2.59. The fourth-order valence-electron chi connectivity index (χ4n) is 4.88. The van der Waals surface area contributed by atoms with Crippen LogP contribution in [-0.2, 0) is 19.5 Å². The molecule has 1 aromatic heterocycles. The number of hydrogen-bond acceptors (Lipinski definition) is 0. The summed E-state index contributed by atoms with van der Waals surface area (Å²) in [5.74, 6) is 1.59. The zero-order valence-corrected chi connectivity index (χ0v) is 22.5. The Morgan fingerprint density at radius 3 is 1.47 bits per heavy atom. The SMILES string of the molecule is CCCCCCCCCCCCC[n+]1ccn(CCCC)c1CCCCCCCCCC. The van der Waals surface area contributed by atoms with Crippen LogP contribution in [0.15, 0.2) is 12.4 Å². The van der Waals surface area contributed by atoms with E-state index in [4.69, 9.17) is 0 Å². The molecule has 0 unspecified atom stereocenters. The number of unbranched alkanes of at least 4 members (excludes halogenated alkanes) is 18. The molecule has 0 bridgehead atoms. The Labute approximate surface area is 202 Å². The van der Waals surface area contributed by atoms with Gasteiger partial charge >= 0.3 is 0 Å². The van der Waals surface area contributed by atoms with Gasteiger partial charge in [-0.3, -0.25) is 0 Å². The van der Waals surface area contributed by atoms with Gasteiger partial charge in [0.1, 0.15) is 12.4 Å². The first kappa shape index (κ1) is 29.2. The minimum Gasteiger partial charge on any atom is -0.234 e. The number of rotatable bonds is 24. The highest BCUT2D eigenvalue weighted by molar-refractivity contribution is 4.84. The van der Waals surface area contributed by atoms with Crippen LogP contribution in [0.4, 0.5) is 0 Å². The quantitative estimate of drug-likeness (QED) is 0.110. The van der Waals surface area contributed by atoms with Crippen LogP contribution < -0.4 is 4.57 Å². The molecule has 0 spiro atoms. The number of aromatic nitrogens is 2. The molecule has 0 aliphatic carbocycles. The minimum absolute atomic E-state index is 1.20. The van der Waals surface area contributed by atoms with Crippen molar-refractivity contribution < 1.29 is 4.57 Å². The van der Waals surface area contributed by atoms with Crippen LogP contribution in [0.5, 0.6) is 0 Å². The summed E-state index contributed by atoms with van der Waals surface area (Å²) in [5.41, 5.74) is 0. The highest BCUT2D eigenvalue weighted by Gasteiger charge is 2.16. The van der Waals surface area contributed by atoms with Gasteiger partial charge in [0.15, 0.2) is 0 Å². The third-order valence-electron chi connectivity index (χ3n) is 7.10. The van der Waals surface area contributed by atoms with Crippen molar-refractivity contribution in [3.8, 4) is 0 Å². The average Bonchev–Trinajstić information content (AvgIpc) is 3.19. The van der Waals surface area contributed by atoms with Gasteiger partial charge in [-0.15, -0.1) is 0 Å². The van der Waals surface area contributed by atoms with Crippen LogP contribution >= 0.6 is 0 Å². The van der Waals surface area contributed by atoms with Gasteiger partial charge in [0, 0.05) is 6.42 Å². The maximum atomic E-state index is 2.59. The predicted octanol–water partition coefficient (Wildman–Crippen LogP) is 9.57. The lowest BCUT2D eigenvalue weighted by molar-refractivity contribution is -0.704. The molecule has 0 fully saturated rings. The lowest BCUT2D eigenvalue weighted by Gasteiger charge is -2.06. The van der Waals surface area contributed by atoms with Gasteiger partial charge in [0.05, 0.1) is 13.1 Å². The third kappa shape index (κ3) is 15.1. The van der Waals surface area contributed by atoms with Gasteiger partial charge in [-0.05, 0) is 25.7 Å². The summed E-state index contributed by atoms with van der Waals surface area (Å²) in [4.78, 5) is 0. The highest BCUT2D eigenvalue weighted by Crippen LogP contribution is 2.13. The molecule has 0 N–H and O–H groups in total. The minimum atomic E-state index is 1.20. The van der Waals surface area contributed by atoms with Crippen molar-refractivity contribution in [3.05, 3.63) is 18.2 Å². The molecule has 0 radical (unpaired) electrons. The Morgan fingerprint density at radius 2 is 0.969 bits per heavy atom. The Bertz CT molecular complexity index is 505. The second kappa shape index (κ2) is 22.0. The maximum Gasteiger partial charge on any atom is 0.256 e. The molecular formula is C30H59N2+. The topological polar surface area (TPSA) is 8.81 Å². The first-order chi connectivity index (χ1) is 15.8. The van der Waals surface area contributed by atoms with E-state index in [0.29, 0.717) is 0 Å². The van der Waals surface area contributed by atoms with Crippen molar-refractivity contribution in [2.45, 2.75) is 175 Å². The largest absolute Gasteiger partial charge is 0.256 e. The molecule has 0 saturated carbocycles. The van der Waals surface area contributed by atoms with E-state index in [1.54, 1.807) is 5.82 Å². The van der Waals surface area contributed by atoms with Crippen molar-refractivity contribution >= 4 is 0 Å². The third-order valence-corrected chi connectivity index (χ3v) is 7.10. The summed E-state index contributed by atoms with van der Waals surface area (Å²) in [6, 6.07) is 0. The van der Waals surface area contributed by atoms with Crippen LogP contribution in [0, 0.1) is 0 Å². The van der Waals surface area contributed by atoms with Crippen molar-refractivity contribution in [2.75, 3.05) is 0 Å². The molecule has 0 aliphatic heterocycles. The van der Waals surface area contributed by atoms with Crippen molar-refractivity contribution in [3.63, 3.8) is 0 Å². The van der Waals surface area contributed by atoms with Gasteiger partial charge in [0.25, 0.3) is 5.82 Å². The molecule has 1 rings (SSSR count). The second-order valence-corrected chi connectivity index (χ2v) is 10.2. The molecule has 0 atom stereocenters. The normalized spacial score (nSPS) is 11.5. The molecular weight excluding hydrogens is 388 g/mol. The summed E-state index contributed by atoms with van der Waals surface area (Å²) in [5, 5.41) is 0. The van der Waals surface area contributed by atoms with Crippen LogP contribution in [0.3, 0.4) is 0 Å². The number of imidazole rings is 1. The van der Waals surface area contributed by atoms with Gasteiger partial charge in [-0.2, -0.15) is 0 Å². The lowest BCUT2D eigenvalue weighted by Crippen LogP contribution is -2.37. The van der Waals surface area contributed by atoms with Crippen LogP contribution in [0.25, 0.3) is 0 Å². The Hall–Kier alpha value is -0.790. The first-order valence-electron chi connectivity index (χ1n) is 14.9. The summed E-state index contributed by atoms with van der Waals surface area (Å²) < 4.78 is 5.15. The first-order valence-corrected chi connectivity index (χ1v) is 14.9. The molecule has 2 nitrogen and oxygen atoms in total. The second-order valence-electron chi connectivity index (χ2n) is 10.2. The molecule has 32 heavy (non-hydrogen) atoms. The summed E-state index contributed by atoms with van der Waals surface area (Å²) in [6.07, 6.45) is 35.6. The molecule has 1 aromatic rings. The van der Waals surface area contributed by atoms with E-state index < -0.39 is 0 Å². The Balaban J connectivity index is 2.22. The molecule has 188 valence electrons. The van der Waals surface area contributed by atoms with Crippen molar-refractivity contribution in [1.29, 1.82) is 0 Å². The Morgan fingerprint density at radius 1 is 0.531 bits per heavy atom. The standard InChI is InChI=1S/C30H59N2/c1-4-7-10-12-14-16-17-18-20-22-24-27-32-29-28-31(26-9-6-3)30(32)25-23-21-19-15-13-11-8-5-2/h28-29H,4-27H2,1-3H3/q+1. The van der Waals surface area contributed by atoms with Crippen molar-refractivity contribution in [1.82, 2.24) is 4.57 Å². The van der Waals surface area contributed by atoms with E-state index in [0.717, 1.165) is 0 Å². The van der Waals surface area contributed by atoms with Gasteiger partial charge in [0.2, 0.25) is 0 Å². The average molecular weight is 448 g/mol. The van der Waals surface area contributed by atoms with E-state index in [9.17, 15) is 0 Å². The molecule has 0 aliphatic rings. The molecule has 1 heterocycles. The zero-order valence-electron chi connectivity index (χ0n) is 22.5. The molecule has 0 saturated heterocycles. The summed E-state index contributed by atoms with van der Waals surface area (Å²) in [6.45, 7) is 9.34. The monoisotopic (exact) mass is 447 g/mol. The van der Waals surface area contributed by atoms with Crippen LogP contribution in [0.2, 0.25) is 0 Å². The number of hydrogen-bond donors (Lipinski definition) is 0. The molecule has 0 aromatic carbocycles. The molecule has 2 heteroatoms. The number of aryl methyl sites for hydroxylation is 2. The van der Waals surface area contributed by atoms with Gasteiger partial charge < -0.3 is 0 Å². The molecule has 0 amide bonds. The Kier molecular flexibility index (Phi) is 20.1. The highest BCUT2D eigenvalue weighted by atomic mass is 15.1.